The molecule has 6 nitrogen and oxygen atoms in total. The van der Waals surface area contributed by atoms with E-state index in [1.54, 1.807) is 0 Å². The standard InChI is InChI=1S/C38H80N2O4/c1-4-7-10-13-16-19-22-25-28-36(42)33-39(31-32-41)40(34-37(43)29-26-23-20-17-14-11-8-5-2)35-38(44)30-27-24-21-18-15-12-9-6-3/h36-38,41-44H,4-35H2,1-3H3. The largest absolute Gasteiger partial charge is 0.395 e. The molecule has 0 aliphatic heterocycles. The quantitative estimate of drug-likeness (QED) is 0.0409. The van der Waals surface area contributed by atoms with Gasteiger partial charge in [-0.25, -0.2) is 10.0 Å². The van der Waals surface area contributed by atoms with Gasteiger partial charge in [0.2, 0.25) is 0 Å². The highest BCUT2D eigenvalue weighted by Crippen LogP contribution is 2.16. The van der Waals surface area contributed by atoms with Crippen molar-refractivity contribution in [3.8, 4) is 0 Å². The number of hydrazine groups is 1. The van der Waals surface area contributed by atoms with Crippen LogP contribution in [0.2, 0.25) is 0 Å². The zero-order valence-corrected chi connectivity index (χ0v) is 30.0. The normalized spacial score (nSPS) is 14.1. The van der Waals surface area contributed by atoms with Gasteiger partial charge in [-0.3, -0.25) is 0 Å². The van der Waals surface area contributed by atoms with Crippen molar-refractivity contribution < 1.29 is 20.4 Å². The van der Waals surface area contributed by atoms with Gasteiger partial charge in [-0.15, -0.1) is 0 Å². The summed E-state index contributed by atoms with van der Waals surface area (Å²) in [7, 11) is 0. The third-order valence-corrected chi connectivity index (χ3v) is 9.20. The van der Waals surface area contributed by atoms with Crippen LogP contribution in [-0.2, 0) is 0 Å². The summed E-state index contributed by atoms with van der Waals surface area (Å²) < 4.78 is 0. The van der Waals surface area contributed by atoms with E-state index in [9.17, 15) is 20.4 Å². The van der Waals surface area contributed by atoms with Gasteiger partial charge in [-0.05, 0) is 19.3 Å². The Morgan fingerprint density at radius 1 is 0.364 bits per heavy atom. The number of unbranched alkanes of at least 4 members (excludes halogenated alkanes) is 21. The van der Waals surface area contributed by atoms with Crippen LogP contribution in [0.15, 0.2) is 0 Å². The molecule has 0 spiro atoms. The first-order valence-electron chi connectivity index (χ1n) is 19.6. The van der Waals surface area contributed by atoms with E-state index in [1.165, 1.54) is 116 Å². The summed E-state index contributed by atoms with van der Waals surface area (Å²) in [6.07, 6.45) is 30.7. The Bertz CT molecular complexity index is 525. The van der Waals surface area contributed by atoms with Crippen LogP contribution in [0.1, 0.15) is 194 Å². The summed E-state index contributed by atoms with van der Waals surface area (Å²) in [5, 5.41) is 46.8. The van der Waals surface area contributed by atoms with Gasteiger partial charge in [-0.2, -0.15) is 0 Å². The molecule has 0 aliphatic rings. The molecule has 44 heavy (non-hydrogen) atoms. The molecule has 0 heterocycles. The second-order valence-electron chi connectivity index (χ2n) is 13.8. The van der Waals surface area contributed by atoms with Crippen molar-refractivity contribution in [1.82, 2.24) is 10.0 Å². The Hall–Kier alpha value is -0.240. The van der Waals surface area contributed by atoms with Crippen molar-refractivity contribution in [2.75, 3.05) is 32.8 Å². The first kappa shape index (κ1) is 43.8. The molecule has 0 aliphatic carbocycles. The van der Waals surface area contributed by atoms with Crippen LogP contribution >= 0.6 is 0 Å². The Balaban J connectivity index is 4.80. The Kier molecular flexibility index (Phi) is 33.9. The highest BCUT2D eigenvalue weighted by Gasteiger charge is 2.23. The van der Waals surface area contributed by atoms with Crippen molar-refractivity contribution in [3.05, 3.63) is 0 Å². The van der Waals surface area contributed by atoms with Crippen molar-refractivity contribution in [2.24, 2.45) is 0 Å². The fourth-order valence-corrected chi connectivity index (χ4v) is 6.31. The monoisotopic (exact) mass is 629 g/mol. The van der Waals surface area contributed by atoms with Gasteiger partial charge in [0.15, 0.2) is 0 Å². The number of aliphatic hydroxyl groups is 4. The van der Waals surface area contributed by atoms with Crippen molar-refractivity contribution in [1.29, 1.82) is 0 Å². The smallest absolute Gasteiger partial charge is 0.0681 e. The lowest BCUT2D eigenvalue weighted by Gasteiger charge is -2.38. The summed E-state index contributed by atoms with van der Waals surface area (Å²) in [6, 6.07) is 0. The van der Waals surface area contributed by atoms with Gasteiger partial charge in [0.25, 0.3) is 0 Å². The van der Waals surface area contributed by atoms with E-state index in [4.69, 9.17) is 0 Å². The Morgan fingerprint density at radius 3 is 0.886 bits per heavy atom. The lowest BCUT2D eigenvalue weighted by molar-refractivity contribution is -0.101. The lowest BCUT2D eigenvalue weighted by atomic mass is 10.0. The van der Waals surface area contributed by atoms with Crippen LogP contribution < -0.4 is 0 Å². The molecular weight excluding hydrogens is 548 g/mol. The van der Waals surface area contributed by atoms with Crippen LogP contribution in [-0.4, -0.2) is 81.5 Å². The van der Waals surface area contributed by atoms with E-state index >= 15 is 0 Å². The highest BCUT2D eigenvalue weighted by molar-refractivity contribution is 4.72. The topological polar surface area (TPSA) is 87.4 Å². The second kappa shape index (κ2) is 34.1. The van der Waals surface area contributed by atoms with Crippen LogP contribution in [0.25, 0.3) is 0 Å². The minimum Gasteiger partial charge on any atom is -0.395 e. The van der Waals surface area contributed by atoms with Gasteiger partial charge in [0.05, 0.1) is 24.9 Å². The van der Waals surface area contributed by atoms with Gasteiger partial charge in [0.1, 0.15) is 0 Å². The third kappa shape index (κ3) is 29.2. The molecule has 0 radical (unpaired) electrons. The van der Waals surface area contributed by atoms with Crippen LogP contribution in [0.3, 0.4) is 0 Å². The van der Waals surface area contributed by atoms with Crippen LogP contribution in [0.5, 0.6) is 0 Å². The molecule has 0 bridgehead atoms. The molecule has 3 atom stereocenters. The fourth-order valence-electron chi connectivity index (χ4n) is 6.31. The van der Waals surface area contributed by atoms with Gasteiger partial charge in [0, 0.05) is 26.2 Å². The van der Waals surface area contributed by atoms with Crippen LogP contribution in [0.4, 0.5) is 0 Å². The van der Waals surface area contributed by atoms with E-state index in [-0.39, 0.29) is 6.61 Å². The van der Waals surface area contributed by atoms with Crippen molar-refractivity contribution in [3.63, 3.8) is 0 Å². The van der Waals surface area contributed by atoms with Crippen molar-refractivity contribution >= 4 is 0 Å². The van der Waals surface area contributed by atoms with E-state index in [2.05, 4.69) is 20.8 Å². The molecule has 6 heteroatoms. The molecule has 0 aromatic heterocycles. The number of aliphatic hydroxyl groups excluding tert-OH is 4. The van der Waals surface area contributed by atoms with Gasteiger partial charge in [-0.1, -0.05) is 175 Å². The predicted molar refractivity (Wildman–Crippen MR) is 190 cm³/mol. The molecule has 0 rings (SSSR count). The van der Waals surface area contributed by atoms with Gasteiger partial charge < -0.3 is 20.4 Å². The number of nitrogens with zero attached hydrogens (tertiary/aromatic N) is 2. The SMILES string of the molecule is CCCCCCCCCCC(O)CN(CCO)N(CC(O)CCCCCCCCCC)CC(O)CCCCCCCCCC. The average molecular weight is 629 g/mol. The van der Waals surface area contributed by atoms with E-state index in [1.807, 2.05) is 10.0 Å². The number of hydrogen-bond acceptors (Lipinski definition) is 6. The predicted octanol–water partition coefficient (Wildman–Crippen LogP) is 9.17. The summed E-state index contributed by atoms with van der Waals surface area (Å²) in [5.41, 5.74) is 0. The maximum atomic E-state index is 11.0. The molecule has 0 saturated heterocycles. The molecule has 266 valence electrons. The summed E-state index contributed by atoms with van der Waals surface area (Å²) in [6.45, 7) is 8.46. The van der Waals surface area contributed by atoms with Crippen LogP contribution in [0, 0.1) is 0 Å². The first-order chi connectivity index (χ1) is 21.5. The molecule has 0 aromatic carbocycles. The molecule has 0 fully saturated rings. The minimum atomic E-state index is -0.476. The van der Waals surface area contributed by atoms with E-state index < -0.39 is 18.3 Å². The van der Waals surface area contributed by atoms with E-state index in [0.29, 0.717) is 26.2 Å². The molecule has 4 N–H and O–H groups in total. The fraction of sp³-hybridized carbons (Fsp3) is 1.00. The van der Waals surface area contributed by atoms with Crippen molar-refractivity contribution in [2.45, 2.75) is 212 Å². The summed E-state index contributed by atoms with van der Waals surface area (Å²) in [5.74, 6) is 0. The Morgan fingerprint density at radius 2 is 0.614 bits per heavy atom. The molecular formula is C38H80N2O4. The number of hydrogen-bond donors (Lipinski definition) is 4. The maximum absolute atomic E-state index is 11.0. The lowest BCUT2D eigenvalue weighted by Crippen LogP contribution is -2.52. The maximum Gasteiger partial charge on any atom is 0.0681 e. The minimum absolute atomic E-state index is 0.0107. The van der Waals surface area contributed by atoms with E-state index in [0.717, 1.165) is 57.8 Å². The zero-order valence-electron chi connectivity index (χ0n) is 30.0. The molecule has 0 aromatic rings. The third-order valence-electron chi connectivity index (χ3n) is 9.20. The Labute approximate surface area is 275 Å². The average Bonchev–Trinajstić information content (AvgIpc) is 3.00. The zero-order chi connectivity index (χ0) is 32.5. The second-order valence-corrected chi connectivity index (χ2v) is 13.8. The first-order valence-corrected chi connectivity index (χ1v) is 19.6. The summed E-state index contributed by atoms with van der Waals surface area (Å²) >= 11 is 0. The highest BCUT2D eigenvalue weighted by atomic mass is 16.3. The molecule has 0 saturated carbocycles. The summed E-state index contributed by atoms with van der Waals surface area (Å²) in [4.78, 5) is 0. The molecule has 0 amide bonds. The number of rotatable bonds is 36. The molecule has 3 unspecified atom stereocenters. The van der Waals surface area contributed by atoms with Gasteiger partial charge >= 0.3 is 0 Å².